The number of nitrogen functional groups attached to an aromatic ring is 1. The van der Waals surface area contributed by atoms with Gasteiger partial charge in [-0.05, 0) is 25.8 Å². The summed E-state index contributed by atoms with van der Waals surface area (Å²) in [6, 6.07) is 0.277. The predicted molar refractivity (Wildman–Crippen MR) is 70.1 cm³/mol. The Morgan fingerprint density at radius 3 is 2.72 bits per heavy atom. The van der Waals surface area contributed by atoms with Gasteiger partial charge in [0.1, 0.15) is 5.84 Å². The van der Waals surface area contributed by atoms with Crippen LogP contribution in [0.1, 0.15) is 23.2 Å². The standard InChI is InChI=1S/C12H19N5O/c1-7-8(2)15-16-12(10(7)11(13)14)17(3)9-4-5-18-6-9/h9H,4-6H2,1-3H3,(H3,13,14). The quantitative estimate of drug-likeness (QED) is 0.605. The minimum absolute atomic E-state index is 0.0336. The Balaban J connectivity index is 2.43. The van der Waals surface area contributed by atoms with Gasteiger partial charge in [-0.1, -0.05) is 0 Å². The van der Waals surface area contributed by atoms with Crippen molar-refractivity contribution in [2.45, 2.75) is 26.3 Å². The van der Waals surface area contributed by atoms with Crippen LogP contribution >= 0.6 is 0 Å². The lowest BCUT2D eigenvalue weighted by atomic mass is 10.1. The topological polar surface area (TPSA) is 88.1 Å². The number of rotatable bonds is 3. The van der Waals surface area contributed by atoms with Gasteiger partial charge in [0.15, 0.2) is 5.82 Å². The third kappa shape index (κ3) is 2.15. The number of nitrogens with two attached hydrogens (primary N) is 1. The van der Waals surface area contributed by atoms with E-state index in [-0.39, 0.29) is 11.9 Å². The summed E-state index contributed by atoms with van der Waals surface area (Å²) in [5.74, 6) is 0.701. The van der Waals surface area contributed by atoms with Crippen LogP contribution in [0.5, 0.6) is 0 Å². The van der Waals surface area contributed by atoms with E-state index in [4.69, 9.17) is 15.9 Å². The Morgan fingerprint density at radius 1 is 1.44 bits per heavy atom. The van der Waals surface area contributed by atoms with Crippen molar-refractivity contribution in [3.63, 3.8) is 0 Å². The van der Waals surface area contributed by atoms with Crippen LogP contribution in [0.15, 0.2) is 0 Å². The molecule has 0 aliphatic carbocycles. The number of nitrogens with zero attached hydrogens (tertiary/aromatic N) is 3. The molecule has 1 aliphatic heterocycles. The molecule has 0 radical (unpaired) electrons. The SMILES string of the molecule is Cc1nnc(N(C)C2CCOC2)c(C(=N)N)c1C. The first-order valence-electron chi connectivity index (χ1n) is 6.01. The lowest BCUT2D eigenvalue weighted by molar-refractivity contribution is 0.193. The monoisotopic (exact) mass is 249 g/mol. The number of hydrogen-bond acceptors (Lipinski definition) is 5. The normalized spacial score (nSPS) is 18.9. The third-order valence-electron chi connectivity index (χ3n) is 3.49. The lowest BCUT2D eigenvalue weighted by Crippen LogP contribution is -2.35. The maximum atomic E-state index is 7.73. The number of ether oxygens (including phenoxy) is 1. The van der Waals surface area contributed by atoms with Crippen molar-refractivity contribution in [1.29, 1.82) is 5.41 Å². The molecule has 1 saturated heterocycles. The van der Waals surface area contributed by atoms with Crippen molar-refractivity contribution >= 4 is 11.7 Å². The molecule has 6 heteroatoms. The second kappa shape index (κ2) is 4.89. The smallest absolute Gasteiger partial charge is 0.162 e. The summed E-state index contributed by atoms with van der Waals surface area (Å²) in [6.45, 7) is 5.24. The van der Waals surface area contributed by atoms with Gasteiger partial charge in [-0.15, -0.1) is 5.10 Å². The number of hydrogen-bond donors (Lipinski definition) is 2. The van der Waals surface area contributed by atoms with E-state index in [1.165, 1.54) is 0 Å². The summed E-state index contributed by atoms with van der Waals surface area (Å²) >= 11 is 0. The van der Waals surface area contributed by atoms with Crippen LogP contribution in [0.3, 0.4) is 0 Å². The summed E-state index contributed by atoms with van der Waals surface area (Å²) in [7, 11) is 1.95. The average Bonchev–Trinajstić information content (AvgIpc) is 2.84. The second-order valence-electron chi connectivity index (χ2n) is 4.65. The van der Waals surface area contributed by atoms with Crippen LogP contribution in [-0.4, -0.2) is 42.3 Å². The van der Waals surface area contributed by atoms with E-state index in [9.17, 15) is 0 Å². The first-order chi connectivity index (χ1) is 8.52. The molecule has 1 aromatic rings. The number of anilines is 1. The first-order valence-corrected chi connectivity index (χ1v) is 6.01. The number of likely N-dealkylation sites (N-methyl/N-ethyl adjacent to an activating group) is 1. The number of nitrogens with one attached hydrogen (secondary N) is 1. The van der Waals surface area contributed by atoms with Gasteiger partial charge in [0, 0.05) is 13.7 Å². The van der Waals surface area contributed by atoms with E-state index in [0.717, 1.165) is 24.3 Å². The van der Waals surface area contributed by atoms with Gasteiger partial charge in [0.25, 0.3) is 0 Å². The fraction of sp³-hybridized carbons (Fsp3) is 0.583. The first kappa shape index (κ1) is 12.8. The van der Waals surface area contributed by atoms with E-state index in [1.54, 1.807) is 0 Å². The molecule has 1 aromatic heterocycles. The Kier molecular flexibility index (Phi) is 3.47. The molecule has 0 spiro atoms. The second-order valence-corrected chi connectivity index (χ2v) is 4.65. The highest BCUT2D eigenvalue weighted by atomic mass is 16.5. The van der Waals surface area contributed by atoms with Crippen LogP contribution in [0.2, 0.25) is 0 Å². The number of aromatic nitrogens is 2. The molecule has 0 aromatic carbocycles. The summed E-state index contributed by atoms with van der Waals surface area (Å²) in [6.07, 6.45) is 0.961. The molecule has 0 bridgehead atoms. The Labute approximate surface area is 107 Å². The minimum atomic E-state index is 0.0336. The third-order valence-corrected chi connectivity index (χ3v) is 3.49. The van der Waals surface area contributed by atoms with Crippen LogP contribution in [0, 0.1) is 19.3 Å². The summed E-state index contributed by atoms with van der Waals surface area (Å²) in [5.41, 5.74) is 8.08. The zero-order chi connectivity index (χ0) is 13.3. The van der Waals surface area contributed by atoms with Gasteiger partial charge in [0.2, 0.25) is 0 Å². The van der Waals surface area contributed by atoms with E-state index < -0.39 is 0 Å². The molecule has 1 unspecified atom stereocenters. The lowest BCUT2D eigenvalue weighted by Gasteiger charge is -2.26. The molecule has 0 saturated carbocycles. The summed E-state index contributed by atoms with van der Waals surface area (Å²) < 4.78 is 5.38. The van der Waals surface area contributed by atoms with Gasteiger partial charge >= 0.3 is 0 Å². The molecule has 1 aliphatic rings. The van der Waals surface area contributed by atoms with Crippen LogP contribution in [0.4, 0.5) is 5.82 Å². The predicted octanol–water partition coefficient (Wildman–Crippen LogP) is 0.603. The fourth-order valence-corrected chi connectivity index (χ4v) is 2.17. The molecule has 2 heterocycles. The molecular weight excluding hydrogens is 230 g/mol. The average molecular weight is 249 g/mol. The van der Waals surface area contributed by atoms with Crippen molar-refractivity contribution in [1.82, 2.24) is 10.2 Å². The van der Waals surface area contributed by atoms with Crippen molar-refractivity contribution in [2.75, 3.05) is 25.2 Å². The van der Waals surface area contributed by atoms with Gasteiger partial charge < -0.3 is 15.4 Å². The van der Waals surface area contributed by atoms with Gasteiger partial charge in [-0.25, -0.2) is 0 Å². The van der Waals surface area contributed by atoms with Crippen LogP contribution < -0.4 is 10.6 Å². The molecular formula is C12H19N5O. The Bertz CT molecular complexity index is 468. The maximum Gasteiger partial charge on any atom is 0.162 e. The number of amidine groups is 1. The zero-order valence-electron chi connectivity index (χ0n) is 11.0. The fourth-order valence-electron chi connectivity index (χ4n) is 2.17. The van der Waals surface area contributed by atoms with Crippen molar-refractivity contribution in [3.05, 3.63) is 16.8 Å². The maximum absolute atomic E-state index is 7.73. The zero-order valence-corrected chi connectivity index (χ0v) is 11.0. The molecule has 18 heavy (non-hydrogen) atoms. The molecule has 2 rings (SSSR count). The van der Waals surface area contributed by atoms with E-state index >= 15 is 0 Å². The van der Waals surface area contributed by atoms with E-state index in [0.29, 0.717) is 18.0 Å². The highest BCUT2D eigenvalue weighted by Gasteiger charge is 2.25. The highest BCUT2D eigenvalue weighted by molar-refractivity contribution is 6.01. The molecule has 98 valence electrons. The van der Waals surface area contributed by atoms with Gasteiger partial charge in [-0.3, -0.25) is 5.41 Å². The van der Waals surface area contributed by atoms with E-state index in [1.807, 2.05) is 25.8 Å². The minimum Gasteiger partial charge on any atom is -0.384 e. The summed E-state index contributed by atoms with van der Waals surface area (Å²) in [4.78, 5) is 2.02. The molecule has 0 amide bonds. The number of aryl methyl sites for hydroxylation is 1. The van der Waals surface area contributed by atoms with Gasteiger partial charge in [-0.2, -0.15) is 5.10 Å². The molecule has 1 atom stereocenters. The Hall–Kier alpha value is -1.69. The van der Waals surface area contributed by atoms with Crippen molar-refractivity contribution < 1.29 is 4.74 Å². The Morgan fingerprint density at radius 2 is 2.17 bits per heavy atom. The van der Waals surface area contributed by atoms with Crippen LogP contribution in [-0.2, 0) is 4.74 Å². The molecule has 6 nitrogen and oxygen atoms in total. The van der Waals surface area contributed by atoms with E-state index in [2.05, 4.69) is 10.2 Å². The highest BCUT2D eigenvalue weighted by Crippen LogP contribution is 2.24. The molecule has 3 N–H and O–H groups in total. The van der Waals surface area contributed by atoms with Gasteiger partial charge in [0.05, 0.1) is 23.9 Å². The van der Waals surface area contributed by atoms with Crippen molar-refractivity contribution in [3.8, 4) is 0 Å². The van der Waals surface area contributed by atoms with Crippen molar-refractivity contribution in [2.24, 2.45) is 5.73 Å². The van der Waals surface area contributed by atoms with Crippen LogP contribution in [0.25, 0.3) is 0 Å². The largest absolute Gasteiger partial charge is 0.384 e. The summed E-state index contributed by atoms with van der Waals surface area (Å²) in [5, 5.41) is 16.1. The molecule has 1 fully saturated rings.